The van der Waals surface area contributed by atoms with Gasteiger partial charge in [-0.15, -0.1) is 0 Å². The summed E-state index contributed by atoms with van der Waals surface area (Å²) in [5, 5.41) is 12.9. The first-order valence-electron chi connectivity index (χ1n) is 9.25. The standard InChI is InChI=1S/C21H18N8O/c1-28-10-8-19(27-28)29-18-6-5-17(11-14(18)13-24-29)30-20-7-9-23-21(26-20)25-16-4-2-3-15(22)12-16/h2-13H,22H2,1H3,(H,23,25,26). The topological polar surface area (TPSA) is 109 Å². The van der Waals surface area contributed by atoms with Gasteiger partial charge in [0.2, 0.25) is 11.8 Å². The van der Waals surface area contributed by atoms with Gasteiger partial charge < -0.3 is 15.8 Å². The van der Waals surface area contributed by atoms with E-state index in [1.54, 1.807) is 27.8 Å². The minimum Gasteiger partial charge on any atom is -0.439 e. The molecule has 0 radical (unpaired) electrons. The summed E-state index contributed by atoms with van der Waals surface area (Å²) in [5.41, 5.74) is 8.21. The fourth-order valence-electron chi connectivity index (χ4n) is 3.10. The van der Waals surface area contributed by atoms with Gasteiger partial charge in [0.1, 0.15) is 5.75 Å². The first-order valence-corrected chi connectivity index (χ1v) is 9.25. The molecule has 0 atom stereocenters. The van der Waals surface area contributed by atoms with Gasteiger partial charge in [0.25, 0.3) is 0 Å². The van der Waals surface area contributed by atoms with Crippen LogP contribution in [0.1, 0.15) is 0 Å². The van der Waals surface area contributed by atoms with E-state index < -0.39 is 0 Å². The van der Waals surface area contributed by atoms with E-state index in [-0.39, 0.29) is 0 Å². The van der Waals surface area contributed by atoms with Crippen LogP contribution in [0.2, 0.25) is 0 Å². The largest absolute Gasteiger partial charge is 0.439 e. The smallest absolute Gasteiger partial charge is 0.230 e. The van der Waals surface area contributed by atoms with Crippen molar-refractivity contribution in [2.75, 3.05) is 11.1 Å². The van der Waals surface area contributed by atoms with Crippen LogP contribution < -0.4 is 15.8 Å². The highest BCUT2D eigenvalue weighted by molar-refractivity contribution is 5.81. The summed E-state index contributed by atoms with van der Waals surface area (Å²) in [4.78, 5) is 8.64. The van der Waals surface area contributed by atoms with Crippen LogP contribution >= 0.6 is 0 Å². The van der Waals surface area contributed by atoms with Gasteiger partial charge in [-0.3, -0.25) is 4.68 Å². The Morgan fingerprint density at radius 2 is 2.00 bits per heavy atom. The maximum absolute atomic E-state index is 5.94. The maximum Gasteiger partial charge on any atom is 0.230 e. The van der Waals surface area contributed by atoms with Crippen molar-refractivity contribution in [3.05, 3.63) is 73.2 Å². The van der Waals surface area contributed by atoms with Crippen LogP contribution in [-0.2, 0) is 7.05 Å². The number of nitrogens with zero attached hydrogens (tertiary/aromatic N) is 6. The van der Waals surface area contributed by atoms with Crippen molar-refractivity contribution in [3.8, 4) is 17.4 Å². The van der Waals surface area contributed by atoms with Gasteiger partial charge in [-0.05, 0) is 36.4 Å². The van der Waals surface area contributed by atoms with Crippen molar-refractivity contribution in [2.24, 2.45) is 7.05 Å². The number of hydrogen-bond donors (Lipinski definition) is 2. The highest BCUT2D eigenvalue weighted by Gasteiger charge is 2.09. The third-order valence-corrected chi connectivity index (χ3v) is 4.45. The van der Waals surface area contributed by atoms with E-state index in [1.807, 2.05) is 61.8 Å². The Hall–Kier alpha value is -4.40. The number of hydrogen-bond acceptors (Lipinski definition) is 7. The summed E-state index contributed by atoms with van der Waals surface area (Å²) in [6, 6.07) is 16.7. The Bertz CT molecular complexity index is 1340. The molecule has 0 saturated heterocycles. The van der Waals surface area contributed by atoms with Crippen molar-refractivity contribution in [1.29, 1.82) is 0 Å². The molecule has 0 fully saturated rings. The number of nitrogen functional groups attached to an aromatic ring is 1. The average Bonchev–Trinajstić information content (AvgIpc) is 3.34. The van der Waals surface area contributed by atoms with Crippen LogP contribution in [0.5, 0.6) is 11.6 Å². The summed E-state index contributed by atoms with van der Waals surface area (Å²) in [5.74, 6) is 2.25. The molecule has 9 heteroatoms. The quantitative estimate of drug-likeness (QED) is 0.435. The van der Waals surface area contributed by atoms with Gasteiger partial charge >= 0.3 is 0 Å². The molecule has 0 saturated carbocycles. The lowest BCUT2D eigenvalue weighted by Crippen LogP contribution is -1.99. The van der Waals surface area contributed by atoms with E-state index in [2.05, 4.69) is 25.5 Å². The lowest BCUT2D eigenvalue weighted by atomic mass is 10.2. The van der Waals surface area contributed by atoms with E-state index in [0.29, 0.717) is 23.3 Å². The minimum atomic E-state index is 0.419. The predicted octanol–water partition coefficient (Wildman–Crippen LogP) is 3.67. The molecule has 3 heterocycles. The van der Waals surface area contributed by atoms with Crippen molar-refractivity contribution < 1.29 is 4.74 Å². The van der Waals surface area contributed by atoms with Gasteiger partial charge in [-0.1, -0.05) is 6.07 Å². The Labute approximate surface area is 171 Å². The summed E-state index contributed by atoms with van der Waals surface area (Å²) < 4.78 is 9.47. The fourth-order valence-corrected chi connectivity index (χ4v) is 3.10. The molecular formula is C21H18N8O. The normalized spacial score (nSPS) is 11.0. The van der Waals surface area contributed by atoms with Crippen LogP contribution in [0, 0.1) is 0 Å². The van der Waals surface area contributed by atoms with E-state index in [9.17, 15) is 0 Å². The molecule has 0 unspecified atom stereocenters. The van der Waals surface area contributed by atoms with Crippen molar-refractivity contribution in [3.63, 3.8) is 0 Å². The minimum absolute atomic E-state index is 0.419. The second-order valence-electron chi connectivity index (χ2n) is 6.70. The van der Waals surface area contributed by atoms with Gasteiger partial charge in [0, 0.05) is 48.3 Å². The van der Waals surface area contributed by atoms with Crippen molar-refractivity contribution >= 4 is 28.2 Å². The molecule has 3 aromatic heterocycles. The first kappa shape index (κ1) is 17.7. The lowest BCUT2D eigenvalue weighted by molar-refractivity contribution is 0.463. The molecule has 5 rings (SSSR count). The molecule has 0 bridgehead atoms. The second-order valence-corrected chi connectivity index (χ2v) is 6.70. The molecule has 0 aliphatic carbocycles. The van der Waals surface area contributed by atoms with Crippen LogP contribution in [0.3, 0.4) is 0 Å². The van der Waals surface area contributed by atoms with Gasteiger partial charge in [0.15, 0.2) is 5.82 Å². The van der Waals surface area contributed by atoms with Crippen LogP contribution in [-0.4, -0.2) is 29.5 Å². The van der Waals surface area contributed by atoms with Crippen molar-refractivity contribution in [1.82, 2.24) is 29.5 Å². The Balaban J connectivity index is 1.38. The Morgan fingerprint density at radius 1 is 1.07 bits per heavy atom. The molecule has 148 valence electrons. The number of aryl methyl sites for hydroxylation is 1. The van der Waals surface area contributed by atoms with E-state index in [0.717, 1.165) is 22.4 Å². The number of benzene rings is 2. The Morgan fingerprint density at radius 3 is 2.83 bits per heavy atom. The molecular weight excluding hydrogens is 380 g/mol. The van der Waals surface area contributed by atoms with Gasteiger partial charge in [0.05, 0.1) is 11.7 Å². The second kappa shape index (κ2) is 7.21. The number of rotatable bonds is 5. The summed E-state index contributed by atoms with van der Waals surface area (Å²) in [6.45, 7) is 0. The highest BCUT2D eigenvalue weighted by Crippen LogP contribution is 2.26. The molecule has 0 spiro atoms. The molecule has 3 N–H and O–H groups in total. The molecule has 0 amide bonds. The third kappa shape index (κ3) is 3.51. The monoisotopic (exact) mass is 398 g/mol. The number of nitrogens with two attached hydrogens (primary N) is 1. The van der Waals surface area contributed by atoms with Crippen LogP contribution in [0.25, 0.3) is 16.7 Å². The Kier molecular flexibility index (Phi) is 4.25. The average molecular weight is 398 g/mol. The maximum atomic E-state index is 5.94. The first-order chi connectivity index (χ1) is 14.6. The zero-order valence-corrected chi connectivity index (χ0v) is 16.1. The van der Waals surface area contributed by atoms with Gasteiger partial charge in [-0.25, -0.2) is 9.67 Å². The van der Waals surface area contributed by atoms with E-state index in [1.165, 1.54) is 0 Å². The molecule has 0 aliphatic heterocycles. The fraction of sp³-hybridized carbons (Fsp3) is 0.0476. The van der Waals surface area contributed by atoms with Gasteiger partial charge in [-0.2, -0.15) is 15.2 Å². The molecule has 2 aromatic carbocycles. The predicted molar refractivity (Wildman–Crippen MR) is 114 cm³/mol. The van der Waals surface area contributed by atoms with Crippen LogP contribution in [0.15, 0.2) is 73.2 Å². The number of nitrogens with one attached hydrogen (secondary N) is 1. The molecule has 9 nitrogen and oxygen atoms in total. The van der Waals surface area contributed by atoms with E-state index >= 15 is 0 Å². The number of fused-ring (bicyclic) bond motifs is 1. The lowest BCUT2D eigenvalue weighted by Gasteiger charge is -2.08. The summed E-state index contributed by atoms with van der Waals surface area (Å²) in [7, 11) is 1.87. The summed E-state index contributed by atoms with van der Waals surface area (Å²) >= 11 is 0. The molecule has 0 aliphatic rings. The third-order valence-electron chi connectivity index (χ3n) is 4.45. The SMILES string of the molecule is Cn1ccc(-n2ncc3cc(Oc4ccnc(Nc5cccc(N)c5)n4)ccc32)n1. The molecule has 5 aromatic rings. The highest BCUT2D eigenvalue weighted by atomic mass is 16.5. The number of aromatic nitrogens is 6. The number of ether oxygens (including phenoxy) is 1. The molecule has 30 heavy (non-hydrogen) atoms. The zero-order valence-electron chi connectivity index (χ0n) is 16.1. The van der Waals surface area contributed by atoms with Crippen molar-refractivity contribution in [2.45, 2.75) is 0 Å². The zero-order chi connectivity index (χ0) is 20.5. The van der Waals surface area contributed by atoms with Crippen LogP contribution in [0.4, 0.5) is 17.3 Å². The number of anilines is 3. The summed E-state index contributed by atoms with van der Waals surface area (Å²) in [6.07, 6.45) is 5.29. The van der Waals surface area contributed by atoms with E-state index in [4.69, 9.17) is 10.5 Å².